The fourth-order valence-corrected chi connectivity index (χ4v) is 11.5. The summed E-state index contributed by atoms with van der Waals surface area (Å²) in [6, 6.07) is 22.2. The highest BCUT2D eigenvalue weighted by atomic mass is 32.1. The first kappa shape index (κ1) is 50.2. The number of aryl methyl sites for hydroxylation is 6. The Morgan fingerprint density at radius 3 is 2.30 bits per heavy atom. The number of benzene rings is 3. The van der Waals surface area contributed by atoms with Gasteiger partial charge in [-0.3, -0.25) is 28.7 Å². The largest absolute Gasteiger partial charge is 0.391 e. The maximum atomic E-state index is 14.3. The summed E-state index contributed by atoms with van der Waals surface area (Å²) in [6.45, 7) is 16.4. The average molecular weight is 981 g/mol. The minimum atomic E-state index is -0.907. The second-order valence-electron chi connectivity index (χ2n) is 20.0. The van der Waals surface area contributed by atoms with Crippen LogP contribution in [0.5, 0.6) is 0 Å². The number of aliphatic imine (C=N–C) groups is 1. The van der Waals surface area contributed by atoms with E-state index in [0.717, 1.165) is 90.9 Å². The molecule has 13 nitrogen and oxygen atoms in total. The summed E-state index contributed by atoms with van der Waals surface area (Å²) >= 11 is 3.29. The number of β-amino-alcohol motifs (C(OH)–C–C–N with tert-alkyl or cyclic N) is 1. The van der Waals surface area contributed by atoms with E-state index in [-0.39, 0.29) is 55.7 Å². The zero-order valence-corrected chi connectivity index (χ0v) is 43.1. The Bertz CT molecular complexity index is 2910. The van der Waals surface area contributed by atoms with Crippen LogP contribution in [-0.4, -0.2) is 90.2 Å². The molecular formula is C55H64N8O5S2. The molecule has 3 amide bonds. The lowest BCUT2D eigenvalue weighted by atomic mass is 9.85. The molecule has 4 atom stereocenters. The van der Waals surface area contributed by atoms with Crippen LogP contribution >= 0.6 is 22.7 Å². The predicted octanol–water partition coefficient (Wildman–Crippen LogP) is 8.65. The lowest BCUT2D eigenvalue weighted by Crippen LogP contribution is -2.57. The van der Waals surface area contributed by atoms with Gasteiger partial charge in [-0.15, -0.1) is 32.9 Å². The lowest BCUT2D eigenvalue weighted by Gasteiger charge is -2.35. The van der Waals surface area contributed by atoms with Gasteiger partial charge in [-0.1, -0.05) is 99.1 Å². The molecule has 366 valence electrons. The molecule has 0 bridgehead atoms. The minimum Gasteiger partial charge on any atom is -0.391 e. The molecule has 0 saturated carbocycles. The number of hydrogen-bond donors (Lipinski definition) is 3. The van der Waals surface area contributed by atoms with Crippen molar-refractivity contribution in [3.8, 4) is 15.4 Å². The highest BCUT2D eigenvalue weighted by molar-refractivity contribution is 7.15. The molecule has 3 aromatic heterocycles. The minimum absolute atomic E-state index is 0.0381. The van der Waals surface area contributed by atoms with E-state index < -0.39 is 29.6 Å². The Labute approximate surface area is 418 Å². The summed E-state index contributed by atoms with van der Waals surface area (Å²) in [5.74, 6) is 0.538. The summed E-state index contributed by atoms with van der Waals surface area (Å²) in [7, 11) is 0. The van der Waals surface area contributed by atoms with Gasteiger partial charge in [-0.2, -0.15) is 0 Å². The normalized spacial score (nSPS) is 17.1. The summed E-state index contributed by atoms with van der Waals surface area (Å²) in [4.78, 5) is 68.6. The second kappa shape index (κ2) is 21.5. The Morgan fingerprint density at radius 1 is 0.857 bits per heavy atom. The molecule has 8 rings (SSSR count). The van der Waals surface area contributed by atoms with Gasteiger partial charge in [0.15, 0.2) is 11.6 Å². The fraction of sp³-hybridized carbons (Fsp3) is 0.418. The van der Waals surface area contributed by atoms with Crippen molar-refractivity contribution in [3.63, 3.8) is 0 Å². The van der Waals surface area contributed by atoms with Crippen molar-refractivity contribution < 1.29 is 24.3 Å². The van der Waals surface area contributed by atoms with Crippen LogP contribution in [0.25, 0.3) is 15.4 Å². The number of aromatic nitrogens is 4. The number of carbonyl (C=O) groups is 4. The van der Waals surface area contributed by atoms with E-state index in [2.05, 4.69) is 75.4 Å². The van der Waals surface area contributed by atoms with Crippen LogP contribution in [0.1, 0.15) is 120 Å². The number of carbonyl (C=O) groups excluding carboxylic acids is 4. The van der Waals surface area contributed by atoms with Gasteiger partial charge in [-0.05, 0) is 93.5 Å². The van der Waals surface area contributed by atoms with Gasteiger partial charge in [0.05, 0.1) is 46.8 Å². The maximum Gasteiger partial charge on any atom is 0.246 e. The molecule has 15 heteroatoms. The van der Waals surface area contributed by atoms with Gasteiger partial charge in [-0.25, -0.2) is 4.98 Å². The van der Waals surface area contributed by atoms with Gasteiger partial charge in [0.25, 0.3) is 0 Å². The monoisotopic (exact) mass is 980 g/mol. The maximum absolute atomic E-state index is 14.3. The number of thiophene rings is 1. The summed E-state index contributed by atoms with van der Waals surface area (Å²) in [5, 5.41) is 26.8. The Balaban J connectivity index is 0.829. The number of hydrogen-bond acceptors (Lipinski definition) is 11. The Morgan fingerprint density at radius 2 is 1.59 bits per heavy atom. The second-order valence-corrected chi connectivity index (χ2v) is 22.0. The highest BCUT2D eigenvalue weighted by Gasteiger charge is 2.44. The Hall–Kier alpha value is -6.16. The van der Waals surface area contributed by atoms with Crippen molar-refractivity contribution in [2.24, 2.45) is 10.4 Å². The molecular weight excluding hydrogens is 917 g/mol. The van der Waals surface area contributed by atoms with E-state index in [9.17, 15) is 24.3 Å². The van der Waals surface area contributed by atoms with Crippen molar-refractivity contribution in [1.29, 1.82) is 0 Å². The zero-order valence-electron chi connectivity index (χ0n) is 41.5. The summed E-state index contributed by atoms with van der Waals surface area (Å²) < 4.78 is 2.07. The molecule has 3 aromatic carbocycles. The number of aliphatic hydroxyl groups is 1. The number of Topliss-reactive ketones (excluding diaryl/α,β-unsaturated/α-hetero) is 1. The van der Waals surface area contributed by atoms with Crippen LogP contribution in [-0.2, 0) is 38.4 Å². The molecule has 2 aliphatic rings. The van der Waals surface area contributed by atoms with E-state index >= 15 is 0 Å². The van der Waals surface area contributed by atoms with Crippen molar-refractivity contribution in [1.82, 2.24) is 35.3 Å². The molecule has 0 aliphatic carbocycles. The van der Waals surface area contributed by atoms with Crippen molar-refractivity contribution in [2.75, 3.05) is 13.1 Å². The third kappa shape index (κ3) is 11.4. The fourth-order valence-electron chi connectivity index (χ4n) is 9.47. The van der Waals surface area contributed by atoms with Gasteiger partial charge in [0.2, 0.25) is 17.7 Å². The van der Waals surface area contributed by atoms with Crippen LogP contribution in [0.2, 0.25) is 0 Å². The first-order valence-electron chi connectivity index (χ1n) is 24.3. The number of amides is 3. The van der Waals surface area contributed by atoms with Crippen LogP contribution < -0.4 is 10.6 Å². The number of likely N-dealkylation sites (tertiary alicyclic amines) is 1. The number of nitrogens with zero attached hydrogens (tertiary/aromatic N) is 6. The highest BCUT2D eigenvalue weighted by Crippen LogP contribution is 2.40. The lowest BCUT2D eigenvalue weighted by molar-refractivity contribution is -0.143. The average Bonchev–Trinajstić information content (AvgIpc) is 4.09. The van der Waals surface area contributed by atoms with E-state index in [0.29, 0.717) is 18.8 Å². The van der Waals surface area contributed by atoms with E-state index in [1.54, 1.807) is 22.7 Å². The van der Waals surface area contributed by atoms with E-state index in [1.165, 1.54) is 9.78 Å². The van der Waals surface area contributed by atoms with Crippen LogP contribution in [0.4, 0.5) is 0 Å². The molecule has 1 fully saturated rings. The molecule has 2 unspecified atom stereocenters. The van der Waals surface area contributed by atoms with Crippen LogP contribution in [0.15, 0.2) is 83.3 Å². The van der Waals surface area contributed by atoms with Crippen molar-refractivity contribution in [2.45, 2.75) is 131 Å². The molecule has 5 heterocycles. The molecule has 0 spiro atoms. The van der Waals surface area contributed by atoms with Crippen LogP contribution in [0, 0.1) is 40.0 Å². The quantitative estimate of drug-likeness (QED) is 0.0763. The predicted molar refractivity (Wildman–Crippen MR) is 277 cm³/mol. The van der Waals surface area contributed by atoms with E-state index in [1.807, 2.05) is 88.7 Å². The molecule has 3 N–H and O–H groups in total. The standard InChI is InChI=1S/C55H64N8O5S2/c1-32-15-20-40(21-16-32)49-48-33(2)35(4)70-54(48)63-36(5)60-61-52(63)43(58-49)29-46(66)56-25-10-9-12-38-13-11-14-39(26-38)27-47(67)59-51(55(6,7)8)53(68)62-30-42(64)28-44(62)45(65)24-19-37-17-22-41(23-18-37)50-34(3)57-31-69-50/h11,13-18,20-23,26,31,42-44,51,64H,9-10,12,19,24-25,27-30H2,1-8H3,(H,56,66)(H,59,67)/t42?,43?,44-,51+/m0/s1. The number of unbranched alkanes of at least 4 members (excludes halogenated alkanes) is 1. The third-order valence-electron chi connectivity index (χ3n) is 13.5. The van der Waals surface area contributed by atoms with Gasteiger partial charge in [0.1, 0.15) is 22.9 Å². The molecule has 2 aliphatic heterocycles. The number of nitrogens with one attached hydrogen (secondary N) is 2. The number of ketones is 1. The van der Waals surface area contributed by atoms with Gasteiger partial charge >= 0.3 is 0 Å². The molecule has 1 saturated heterocycles. The molecule has 6 aromatic rings. The number of aliphatic hydroxyl groups excluding tert-OH is 1. The smallest absolute Gasteiger partial charge is 0.246 e. The summed E-state index contributed by atoms with van der Waals surface area (Å²) in [6.07, 6.45) is 2.64. The number of fused-ring (bicyclic) bond motifs is 3. The number of thiazole rings is 1. The van der Waals surface area contributed by atoms with Gasteiger partial charge in [0, 0.05) is 41.9 Å². The van der Waals surface area contributed by atoms with Gasteiger partial charge < -0.3 is 20.6 Å². The molecule has 70 heavy (non-hydrogen) atoms. The van der Waals surface area contributed by atoms with E-state index in [4.69, 9.17) is 4.99 Å². The van der Waals surface area contributed by atoms with Crippen molar-refractivity contribution >= 4 is 51.9 Å². The number of rotatable bonds is 17. The Kier molecular flexibility index (Phi) is 15.4. The van der Waals surface area contributed by atoms with Crippen LogP contribution in [0.3, 0.4) is 0 Å². The van der Waals surface area contributed by atoms with Crippen molar-refractivity contribution in [3.05, 3.63) is 139 Å². The first-order chi connectivity index (χ1) is 33.4. The third-order valence-corrected chi connectivity index (χ3v) is 15.7. The zero-order chi connectivity index (χ0) is 49.9. The summed E-state index contributed by atoms with van der Waals surface area (Å²) in [5.41, 5.74) is 11.4. The first-order valence-corrected chi connectivity index (χ1v) is 26.0. The SMILES string of the molecule is Cc1ccc(C2=NC(CC(=O)NCCCCc3cccc(CC(=O)N[C@H](C(=O)N4CC(O)C[C@H]4C(=O)CCc4ccc(-c5scnc5C)cc4)C(C)(C)C)c3)c3nnc(C)n3-c3sc(C)c(C)c32)cc1. The molecule has 0 radical (unpaired) electrons. The topological polar surface area (TPSA) is 172 Å².